The maximum atomic E-state index is 11.3. The van der Waals surface area contributed by atoms with Gasteiger partial charge in [-0.2, -0.15) is 0 Å². The molecule has 0 aromatic carbocycles. The minimum absolute atomic E-state index is 0.0197. The Balaban J connectivity index is 3.82. The second-order valence-electron chi connectivity index (χ2n) is 4.11. The predicted molar refractivity (Wildman–Crippen MR) is 51.5 cm³/mol. The summed E-state index contributed by atoms with van der Waals surface area (Å²) in [7, 11) is 1.62. The lowest BCUT2D eigenvalue weighted by atomic mass is 9.97. The van der Waals surface area contributed by atoms with Crippen molar-refractivity contribution < 1.29 is 14.3 Å². The van der Waals surface area contributed by atoms with Crippen molar-refractivity contribution in [2.75, 3.05) is 13.7 Å². The van der Waals surface area contributed by atoms with Gasteiger partial charge in [0.2, 0.25) is 0 Å². The van der Waals surface area contributed by atoms with Crippen LogP contribution in [0.1, 0.15) is 34.1 Å². The molecule has 3 nitrogen and oxygen atoms in total. The van der Waals surface area contributed by atoms with Crippen LogP contribution in [0.2, 0.25) is 0 Å². The normalized spacial score (nSPS) is 13.9. The van der Waals surface area contributed by atoms with Crippen molar-refractivity contribution >= 4 is 5.97 Å². The number of carbonyl (C=O) groups excluding carboxylic acids is 1. The number of hydrogen-bond donors (Lipinski definition) is 0. The molecule has 3 heteroatoms. The number of methoxy groups -OCH3 is 1. The molecule has 0 rings (SSSR count). The average Bonchev–Trinajstić information content (AvgIpc) is 2.04. The molecule has 0 aromatic heterocycles. The third-order valence-corrected chi connectivity index (χ3v) is 1.80. The summed E-state index contributed by atoms with van der Waals surface area (Å²) in [5, 5.41) is 0. The minimum atomic E-state index is -0.425. The molecule has 0 heterocycles. The van der Waals surface area contributed by atoms with Gasteiger partial charge in [0.1, 0.15) is 6.61 Å². The molecule has 0 bridgehead atoms. The number of rotatable bonds is 4. The van der Waals surface area contributed by atoms with Crippen molar-refractivity contribution in [2.24, 2.45) is 5.41 Å². The molecular weight excluding hydrogens is 168 g/mol. The predicted octanol–water partition coefficient (Wildman–Crippen LogP) is 2.00. The van der Waals surface area contributed by atoms with Gasteiger partial charge < -0.3 is 9.47 Å². The van der Waals surface area contributed by atoms with Crippen molar-refractivity contribution in [1.82, 2.24) is 0 Å². The third-order valence-electron chi connectivity index (χ3n) is 1.80. The van der Waals surface area contributed by atoms with Gasteiger partial charge in [0, 0.05) is 7.11 Å². The fraction of sp³-hybridized carbons (Fsp3) is 0.900. The molecule has 0 N–H and O–H groups in total. The molecule has 1 unspecified atom stereocenters. The molecule has 1 atom stereocenters. The largest absolute Gasteiger partial charge is 0.463 e. The van der Waals surface area contributed by atoms with Gasteiger partial charge in [-0.05, 0) is 27.2 Å². The van der Waals surface area contributed by atoms with Gasteiger partial charge in [-0.1, -0.05) is 6.92 Å². The van der Waals surface area contributed by atoms with E-state index < -0.39 is 5.41 Å². The number of carbonyl (C=O) groups is 1. The zero-order valence-corrected chi connectivity index (χ0v) is 9.22. The SMILES string of the molecule is CCC(COC(=O)C(C)(C)C)OC. The summed E-state index contributed by atoms with van der Waals surface area (Å²) in [6.45, 7) is 7.86. The molecule has 0 aliphatic rings. The van der Waals surface area contributed by atoms with Crippen LogP contribution in [0.25, 0.3) is 0 Å². The fourth-order valence-corrected chi connectivity index (χ4v) is 0.738. The molecule has 0 saturated heterocycles. The van der Waals surface area contributed by atoms with Crippen LogP contribution >= 0.6 is 0 Å². The topological polar surface area (TPSA) is 35.5 Å². The molecule has 0 radical (unpaired) electrons. The molecule has 0 aromatic rings. The first-order valence-corrected chi connectivity index (χ1v) is 4.61. The Hall–Kier alpha value is -0.570. The van der Waals surface area contributed by atoms with E-state index in [0.29, 0.717) is 6.61 Å². The summed E-state index contributed by atoms with van der Waals surface area (Å²) in [6, 6.07) is 0. The summed E-state index contributed by atoms with van der Waals surface area (Å²) in [5.74, 6) is -0.178. The Morgan fingerprint density at radius 2 is 1.92 bits per heavy atom. The van der Waals surface area contributed by atoms with Crippen molar-refractivity contribution in [3.05, 3.63) is 0 Å². The lowest BCUT2D eigenvalue weighted by Crippen LogP contribution is -2.27. The van der Waals surface area contributed by atoms with E-state index in [4.69, 9.17) is 9.47 Å². The van der Waals surface area contributed by atoms with Crippen molar-refractivity contribution in [2.45, 2.75) is 40.2 Å². The summed E-state index contributed by atoms with van der Waals surface area (Å²) < 4.78 is 10.2. The maximum absolute atomic E-state index is 11.3. The fourth-order valence-electron chi connectivity index (χ4n) is 0.738. The highest BCUT2D eigenvalue weighted by Crippen LogP contribution is 2.15. The first kappa shape index (κ1) is 12.4. The molecule has 0 spiro atoms. The lowest BCUT2D eigenvalue weighted by molar-refractivity contribution is -0.156. The quantitative estimate of drug-likeness (QED) is 0.633. The third kappa shape index (κ3) is 4.88. The van der Waals surface area contributed by atoms with E-state index in [1.807, 2.05) is 27.7 Å². The van der Waals surface area contributed by atoms with Crippen LogP contribution in [0, 0.1) is 5.41 Å². The van der Waals surface area contributed by atoms with Crippen LogP contribution in [-0.4, -0.2) is 25.8 Å². The van der Waals surface area contributed by atoms with E-state index >= 15 is 0 Å². The van der Waals surface area contributed by atoms with E-state index in [-0.39, 0.29) is 12.1 Å². The summed E-state index contributed by atoms with van der Waals surface area (Å²) >= 11 is 0. The first-order chi connectivity index (χ1) is 5.91. The molecule has 0 aliphatic carbocycles. The monoisotopic (exact) mass is 188 g/mol. The van der Waals surface area contributed by atoms with Crippen molar-refractivity contribution in [3.63, 3.8) is 0 Å². The van der Waals surface area contributed by atoms with Gasteiger partial charge in [-0.3, -0.25) is 4.79 Å². The summed E-state index contributed by atoms with van der Waals surface area (Å²) in [4.78, 5) is 11.3. The summed E-state index contributed by atoms with van der Waals surface area (Å²) in [6.07, 6.45) is 0.875. The zero-order valence-electron chi connectivity index (χ0n) is 9.22. The van der Waals surface area contributed by atoms with Crippen LogP contribution in [-0.2, 0) is 14.3 Å². The van der Waals surface area contributed by atoms with E-state index in [1.54, 1.807) is 7.11 Å². The van der Waals surface area contributed by atoms with Gasteiger partial charge in [0.25, 0.3) is 0 Å². The highest BCUT2D eigenvalue weighted by Gasteiger charge is 2.23. The Labute approximate surface area is 80.4 Å². The number of esters is 1. The highest BCUT2D eigenvalue weighted by atomic mass is 16.6. The molecule has 0 amide bonds. The van der Waals surface area contributed by atoms with Crippen LogP contribution in [0.5, 0.6) is 0 Å². The van der Waals surface area contributed by atoms with E-state index in [9.17, 15) is 4.79 Å². The van der Waals surface area contributed by atoms with Gasteiger partial charge >= 0.3 is 5.97 Å². The van der Waals surface area contributed by atoms with Gasteiger partial charge in [0.05, 0.1) is 11.5 Å². The number of ether oxygens (including phenoxy) is 2. The van der Waals surface area contributed by atoms with E-state index in [0.717, 1.165) is 6.42 Å². The first-order valence-electron chi connectivity index (χ1n) is 4.61. The second kappa shape index (κ2) is 5.22. The van der Waals surface area contributed by atoms with Crippen LogP contribution in [0.3, 0.4) is 0 Å². The molecule has 0 aliphatic heterocycles. The Kier molecular flexibility index (Phi) is 4.99. The van der Waals surface area contributed by atoms with E-state index in [2.05, 4.69) is 0 Å². The zero-order chi connectivity index (χ0) is 10.5. The second-order valence-corrected chi connectivity index (χ2v) is 4.11. The van der Waals surface area contributed by atoms with Crippen LogP contribution < -0.4 is 0 Å². The van der Waals surface area contributed by atoms with Gasteiger partial charge in [-0.15, -0.1) is 0 Å². The molecular formula is C10H20O3. The molecule has 0 fully saturated rings. The molecule has 13 heavy (non-hydrogen) atoms. The number of hydrogen-bond acceptors (Lipinski definition) is 3. The van der Waals surface area contributed by atoms with Crippen LogP contribution in [0.4, 0.5) is 0 Å². The molecule has 0 saturated carbocycles. The average molecular weight is 188 g/mol. The molecule has 78 valence electrons. The van der Waals surface area contributed by atoms with E-state index in [1.165, 1.54) is 0 Å². The van der Waals surface area contributed by atoms with Crippen molar-refractivity contribution in [3.8, 4) is 0 Å². The van der Waals surface area contributed by atoms with Gasteiger partial charge in [-0.25, -0.2) is 0 Å². The highest BCUT2D eigenvalue weighted by molar-refractivity contribution is 5.75. The smallest absolute Gasteiger partial charge is 0.311 e. The summed E-state index contributed by atoms with van der Waals surface area (Å²) in [5.41, 5.74) is -0.425. The van der Waals surface area contributed by atoms with Crippen molar-refractivity contribution in [1.29, 1.82) is 0 Å². The Morgan fingerprint density at radius 1 is 1.38 bits per heavy atom. The van der Waals surface area contributed by atoms with Gasteiger partial charge in [0.15, 0.2) is 0 Å². The Morgan fingerprint density at radius 3 is 2.23 bits per heavy atom. The lowest BCUT2D eigenvalue weighted by Gasteiger charge is -2.19. The standard InChI is InChI=1S/C10H20O3/c1-6-8(12-5)7-13-9(11)10(2,3)4/h8H,6-7H2,1-5H3. The minimum Gasteiger partial charge on any atom is -0.463 e. The maximum Gasteiger partial charge on any atom is 0.311 e. The van der Waals surface area contributed by atoms with Crippen LogP contribution in [0.15, 0.2) is 0 Å². The Bertz CT molecular complexity index is 154.